The maximum atomic E-state index is 11.4. The highest BCUT2D eigenvalue weighted by atomic mass is 16.6. The Morgan fingerprint density at radius 2 is 2.05 bits per heavy atom. The molecule has 0 spiro atoms. The summed E-state index contributed by atoms with van der Waals surface area (Å²) in [5.74, 6) is 0.711. The first-order chi connectivity index (χ1) is 9.26. The average molecular weight is 262 g/mol. The van der Waals surface area contributed by atoms with E-state index in [1.807, 2.05) is 6.08 Å². The van der Waals surface area contributed by atoms with Gasteiger partial charge in [-0.3, -0.25) is 0 Å². The number of fused-ring (bicyclic) bond motifs is 1. The molecule has 19 heavy (non-hydrogen) atoms. The highest BCUT2D eigenvalue weighted by Gasteiger charge is 2.43. The second kappa shape index (κ2) is 6.71. The molecule has 0 N–H and O–H groups in total. The summed E-state index contributed by atoms with van der Waals surface area (Å²) in [5, 5.41) is 0. The standard InChI is InChI=1S/C16H22O3/c1-3-7-14-12-9-5-6-10-13(12)15(19-14)11-18-16(17)8-4-2/h3-6,8,12-15H,1,7,9-11H2,2H3/b8-4+/t12-,13+,14+,15-/m1/s1. The van der Waals surface area contributed by atoms with E-state index in [9.17, 15) is 4.79 Å². The lowest BCUT2D eigenvalue weighted by atomic mass is 9.78. The van der Waals surface area contributed by atoms with Gasteiger partial charge in [0.25, 0.3) is 0 Å². The lowest BCUT2D eigenvalue weighted by molar-refractivity contribution is -0.142. The summed E-state index contributed by atoms with van der Waals surface area (Å²) in [4.78, 5) is 11.4. The molecule has 0 aromatic carbocycles. The van der Waals surface area contributed by atoms with Gasteiger partial charge in [-0.1, -0.05) is 24.3 Å². The smallest absolute Gasteiger partial charge is 0.330 e. The average Bonchev–Trinajstić information content (AvgIpc) is 2.76. The van der Waals surface area contributed by atoms with Gasteiger partial charge >= 0.3 is 5.97 Å². The molecule has 1 aliphatic carbocycles. The number of hydrogen-bond donors (Lipinski definition) is 0. The van der Waals surface area contributed by atoms with E-state index in [2.05, 4.69) is 18.7 Å². The maximum Gasteiger partial charge on any atom is 0.330 e. The van der Waals surface area contributed by atoms with Gasteiger partial charge in [0, 0.05) is 6.08 Å². The number of hydrogen-bond acceptors (Lipinski definition) is 3. The number of carbonyl (C=O) groups is 1. The van der Waals surface area contributed by atoms with Gasteiger partial charge < -0.3 is 9.47 Å². The van der Waals surface area contributed by atoms with E-state index in [-0.39, 0.29) is 18.2 Å². The molecule has 104 valence electrons. The van der Waals surface area contributed by atoms with Crippen molar-refractivity contribution in [2.75, 3.05) is 6.61 Å². The Morgan fingerprint density at radius 1 is 1.37 bits per heavy atom. The third-order valence-corrected chi connectivity index (χ3v) is 3.93. The van der Waals surface area contributed by atoms with Crippen molar-refractivity contribution in [1.82, 2.24) is 0 Å². The number of allylic oxidation sites excluding steroid dienone is 3. The van der Waals surface area contributed by atoms with E-state index >= 15 is 0 Å². The molecule has 3 heteroatoms. The molecular weight excluding hydrogens is 240 g/mol. The minimum Gasteiger partial charge on any atom is -0.460 e. The highest BCUT2D eigenvalue weighted by Crippen LogP contribution is 2.41. The normalized spacial score (nSPS) is 33.3. The van der Waals surface area contributed by atoms with E-state index in [0.717, 1.165) is 19.3 Å². The Balaban J connectivity index is 1.95. The van der Waals surface area contributed by atoms with Crippen LogP contribution in [0.1, 0.15) is 26.2 Å². The van der Waals surface area contributed by atoms with Gasteiger partial charge in [-0.15, -0.1) is 6.58 Å². The Morgan fingerprint density at radius 3 is 2.68 bits per heavy atom. The van der Waals surface area contributed by atoms with Crippen LogP contribution in [0, 0.1) is 11.8 Å². The number of carbonyl (C=O) groups excluding carboxylic acids is 1. The van der Waals surface area contributed by atoms with Crippen molar-refractivity contribution < 1.29 is 14.3 Å². The molecule has 0 amide bonds. The van der Waals surface area contributed by atoms with Crippen LogP contribution in [0.3, 0.4) is 0 Å². The van der Waals surface area contributed by atoms with Crippen molar-refractivity contribution in [2.24, 2.45) is 11.8 Å². The van der Waals surface area contributed by atoms with Gasteiger partial charge in [0.2, 0.25) is 0 Å². The zero-order valence-corrected chi connectivity index (χ0v) is 11.5. The highest BCUT2D eigenvalue weighted by molar-refractivity contribution is 5.81. The molecule has 2 rings (SSSR count). The molecule has 0 radical (unpaired) electrons. The fourth-order valence-electron chi connectivity index (χ4n) is 3.04. The van der Waals surface area contributed by atoms with Gasteiger partial charge in [0.15, 0.2) is 0 Å². The van der Waals surface area contributed by atoms with Crippen LogP contribution in [0.5, 0.6) is 0 Å². The van der Waals surface area contributed by atoms with Crippen molar-refractivity contribution in [1.29, 1.82) is 0 Å². The Bertz CT molecular complexity index is 383. The van der Waals surface area contributed by atoms with Crippen LogP contribution in [0.15, 0.2) is 37.0 Å². The zero-order chi connectivity index (χ0) is 13.7. The number of rotatable bonds is 5. The van der Waals surface area contributed by atoms with Crippen LogP contribution in [-0.2, 0) is 14.3 Å². The van der Waals surface area contributed by atoms with E-state index in [1.54, 1.807) is 13.0 Å². The molecule has 0 saturated carbocycles. The van der Waals surface area contributed by atoms with E-state index < -0.39 is 0 Å². The van der Waals surface area contributed by atoms with Crippen LogP contribution < -0.4 is 0 Å². The third kappa shape index (κ3) is 3.35. The van der Waals surface area contributed by atoms with Gasteiger partial charge in [0.05, 0.1) is 12.2 Å². The van der Waals surface area contributed by atoms with E-state index in [1.165, 1.54) is 6.08 Å². The first-order valence-corrected chi connectivity index (χ1v) is 6.97. The van der Waals surface area contributed by atoms with Crippen LogP contribution in [0.2, 0.25) is 0 Å². The molecule has 0 bridgehead atoms. The minimum atomic E-state index is -0.291. The molecule has 2 aliphatic rings. The van der Waals surface area contributed by atoms with Gasteiger partial charge in [0.1, 0.15) is 6.61 Å². The van der Waals surface area contributed by atoms with Crippen LogP contribution >= 0.6 is 0 Å². The number of esters is 1. The lowest BCUT2D eigenvalue weighted by Crippen LogP contribution is -2.27. The lowest BCUT2D eigenvalue weighted by Gasteiger charge is -2.24. The molecule has 1 heterocycles. The second-order valence-corrected chi connectivity index (χ2v) is 5.14. The summed E-state index contributed by atoms with van der Waals surface area (Å²) in [7, 11) is 0. The first-order valence-electron chi connectivity index (χ1n) is 6.97. The van der Waals surface area contributed by atoms with Crippen LogP contribution in [-0.4, -0.2) is 24.8 Å². The monoisotopic (exact) mass is 262 g/mol. The van der Waals surface area contributed by atoms with Crippen molar-refractivity contribution in [3.05, 3.63) is 37.0 Å². The van der Waals surface area contributed by atoms with Gasteiger partial charge in [-0.05, 0) is 38.0 Å². The Hall–Kier alpha value is -1.35. The zero-order valence-electron chi connectivity index (χ0n) is 11.5. The third-order valence-electron chi connectivity index (χ3n) is 3.93. The summed E-state index contributed by atoms with van der Waals surface area (Å²) in [6.07, 6.45) is 12.7. The van der Waals surface area contributed by atoms with E-state index in [0.29, 0.717) is 18.4 Å². The predicted octanol–water partition coefficient (Wildman–Crippen LogP) is 3.03. The number of ether oxygens (including phenoxy) is 2. The summed E-state index contributed by atoms with van der Waals surface area (Å²) in [6.45, 7) is 5.95. The summed E-state index contributed by atoms with van der Waals surface area (Å²) in [5.41, 5.74) is 0. The fraction of sp³-hybridized carbons (Fsp3) is 0.562. The van der Waals surface area contributed by atoms with Crippen molar-refractivity contribution in [2.45, 2.75) is 38.4 Å². The van der Waals surface area contributed by atoms with Crippen molar-refractivity contribution in [3.8, 4) is 0 Å². The van der Waals surface area contributed by atoms with Crippen LogP contribution in [0.4, 0.5) is 0 Å². The van der Waals surface area contributed by atoms with Crippen molar-refractivity contribution >= 4 is 5.97 Å². The van der Waals surface area contributed by atoms with Crippen LogP contribution in [0.25, 0.3) is 0 Å². The first kappa shape index (κ1) is 14.1. The van der Waals surface area contributed by atoms with Crippen molar-refractivity contribution in [3.63, 3.8) is 0 Å². The Kier molecular flexibility index (Phi) is 4.97. The summed E-state index contributed by atoms with van der Waals surface area (Å²) >= 11 is 0. The second-order valence-electron chi connectivity index (χ2n) is 5.14. The summed E-state index contributed by atoms with van der Waals surface area (Å²) in [6, 6.07) is 0. The molecule has 1 fully saturated rings. The van der Waals surface area contributed by atoms with Gasteiger partial charge in [-0.25, -0.2) is 4.79 Å². The predicted molar refractivity (Wildman–Crippen MR) is 74.6 cm³/mol. The largest absolute Gasteiger partial charge is 0.460 e. The molecule has 1 saturated heterocycles. The Labute approximate surface area is 115 Å². The molecular formula is C16H22O3. The quantitative estimate of drug-likeness (QED) is 0.434. The molecule has 4 atom stereocenters. The molecule has 1 aliphatic heterocycles. The minimum absolute atomic E-state index is 0.0223. The SMILES string of the molecule is C=CC[C@@H]1O[C@H](COC(=O)/C=C/C)[C@H]2CC=CC[C@H]21. The molecule has 3 nitrogen and oxygen atoms in total. The molecule has 0 unspecified atom stereocenters. The fourth-order valence-corrected chi connectivity index (χ4v) is 3.04. The van der Waals surface area contributed by atoms with Gasteiger partial charge in [-0.2, -0.15) is 0 Å². The molecule has 0 aromatic rings. The topological polar surface area (TPSA) is 35.5 Å². The molecule has 0 aromatic heterocycles. The van der Waals surface area contributed by atoms with E-state index in [4.69, 9.17) is 9.47 Å². The summed E-state index contributed by atoms with van der Waals surface area (Å²) < 4.78 is 11.3. The maximum absolute atomic E-state index is 11.4.